The van der Waals surface area contributed by atoms with Gasteiger partial charge in [-0.05, 0) is 19.8 Å². The van der Waals surface area contributed by atoms with Crippen molar-refractivity contribution in [1.82, 2.24) is 10.3 Å². The zero-order chi connectivity index (χ0) is 7.84. The Hall–Kier alpha value is -1.06. The number of amides is 1. The molecule has 1 unspecified atom stereocenters. The quantitative estimate of drug-likeness (QED) is 0.528. The highest BCUT2D eigenvalue weighted by Crippen LogP contribution is 2.19. The van der Waals surface area contributed by atoms with E-state index >= 15 is 0 Å². The molecule has 1 amide bonds. The lowest BCUT2D eigenvalue weighted by Gasteiger charge is -2.28. The van der Waals surface area contributed by atoms with Crippen LogP contribution in [0.1, 0.15) is 19.8 Å². The molecule has 0 aromatic heterocycles. The van der Waals surface area contributed by atoms with E-state index in [1.54, 1.807) is 0 Å². The van der Waals surface area contributed by atoms with Gasteiger partial charge in [-0.2, -0.15) is 5.10 Å². The van der Waals surface area contributed by atoms with Gasteiger partial charge in [0.25, 0.3) is 5.91 Å². The summed E-state index contributed by atoms with van der Waals surface area (Å²) in [4.78, 5) is 13.2. The lowest BCUT2D eigenvalue weighted by Crippen LogP contribution is -2.48. The molecule has 2 aliphatic rings. The number of nitrogens with zero attached hydrogens (tertiary/aromatic N) is 2. The summed E-state index contributed by atoms with van der Waals surface area (Å²) in [6.07, 6.45) is 2.07. The van der Waals surface area contributed by atoms with Gasteiger partial charge < -0.3 is 4.90 Å². The van der Waals surface area contributed by atoms with Gasteiger partial charge in [0.15, 0.2) is 0 Å². The Bertz CT molecular complexity index is 224. The van der Waals surface area contributed by atoms with E-state index in [0.29, 0.717) is 0 Å². The van der Waals surface area contributed by atoms with Crippen molar-refractivity contribution in [1.29, 1.82) is 0 Å². The number of rotatable bonds is 0. The highest BCUT2D eigenvalue weighted by molar-refractivity contribution is 5.93. The first kappa shape index (κ1) is 6.64. The molecule has 2 aliphatic heterocycles. The van der Waals surface area contributed by atoms with Crippen LogP contribution in [0.25, 0.3) is 0 Å². The van der Waals surface area contributed by atoms with Gasteiger partial charge in [0.1, 0.15) is 11.9 Å². The van der Waals surface area contributed by atoms with Crippen LogP contribution < -0.4 is 5.43 Å². The van der Waals surface area contributed by atoms with Crippen LogP contribution in [-0.2, 0) is 4.79 Å². The normalized spacial score (nSPS) is 29.5. The number of carbonyl (C=O) groups is 1. The second-order valence-electron chi connectivity index (χ2n) is 2.99. The largest absolute Gasteiger partial charge is 0.347 e. The van der Waals surface area contributed by atoms with Crippen molar-refractivity contribution in [3.8, 4) is 0 Å². The summed E-state index contributed by atoms with van der Waals surface area (Å²) in [5.41, 5.74) is 2.51. The molecule has 60 valence electrons. The third kappa shape index (κ3) is 0.895. The fourth-order valence-corrected chi connectivity index (χ4v) is 1.70. The van der Waals surface area contributed by atoms with E-state index < -0.39 is 0 Å². The van der Waals surface area contributed by atoms with Gasteiger partial charge in [-0.3, -0.25) is 4.79 Å². The predicted octanol–water partition coefficient (Wildman–Crippen LogP) is -0.0860. The van der Waals surface area contributed by atoms with Crippen LogP contribution in [0.15, 0.2) is 5.10 Å². The van der Waals surface area contributed by atoms with Gasteiger partial charge in [-0.15, -0.1) is 0 Å². The maximum atomic E-state index is 11.2. The van der Waals surface area contributed by atoms with Crippen molar-refractivity contribution in [3.63, 3.8) is 0 Å². The number of hydrogen-bond acceptors (Lipinski definition) is 3. The van der Waals surface area contributed by atoms with E-state index in [2.05, 4.69) is 15.4 Å². The monoisotopic (exact) mass is 153 g/mol. The van der Waals surface area contributed by atoms with Crippen molar-refractivity contribution in [2.75, 3.05) is 6.54 Å². The minimum Gasteiger partial charge on any atom is -0.347 e. The van der Waals surface area contributed by atoms with Crippen LogP contribution in [0.3, 0.4) is 0 Å². The minimum absolute atomic E-state index is 0.0492. The van der Waals surface area contributed by atoms with Gasteiger partial charge in [0.05, 0.1) is 0 Å². The molecule has 0 radical (unpaired) electrons. The molecule has 0 spiro atoms. The molecule has 2 rings (SSSR count). The Kier molecular flexibility index (Phi) is 1.34. The lowest BCUT2D eigenvalue weighted by molar-refractivity contribution is -0.125. The summed E-state index contributed by atoms with van der Waals surface area (Å²) < 4.78 is 0. The second-order valence-corrected chi connectivity index (χ2v) is 2.99. The van der Waals surface area contributed by atoms with Crippen LogP contribution in [-0.4, -0.2) is 29.2 Å². The van der Waals surface area contributed by atoms with Crippen molar-refractivity contribution in [2.45, 2.75) is 25.8 Å². The van der Waals surface area contributed by atoms with Crippen LogP contribution in [0.4, 0.5) is 0 Å². The summed E-state index contributed by atoms with van der Waals surface area (Å²) >= 11 is 0. The Morgan fingerprint density at radius 3 is 3.27 bits per heavy atom. The van der Waals surface area contributed by atoms with Gasteiger partial charge in [0.2, 0.25) is 0 Å². The SMILES string of the molecule is CC1=NNC(=O)C2CCCN12. The number of carbonyl (C=O) groups excluding carboxylic acids is 1. The minimum atomic E-state index is 0.0492. The van der Waals surface area contributed by atoms with Gasteiger partial charge in [-0.1, -0.05) is 0 Å². The number of hydrazone groups is 1. The first-order chi connectivity index (χ1) is 5.29. The average molecular weight is 153 g/mol. The standard InChI is InChI=1S/C7H11N3O/c1-5-8-9-7(11)6-3-2-4-10(5)6/h6H,2-4H2,1H3,(H,9,11). The molecule has 11 heavy (non-hydrogen) atoms. The Labute approximate surface area is 65.3 Å². The van der Waals surface area contributed by atoms with Crippen LogP contribution in [0.2, 0.25) is 0 Å². The van der Waals surface area contributed by atoms with Crippen molar-refractivity contribution in [2.24, 2.45) is 5.10 Å². The maximum absolute atomic E-state index is 11.2. The first-order valence-electron chi connectivity index (χ1n) is 3.90. The Balaban J connectivity index is 2.27. The summed E-state index contributed by atoms with van der Waals surface area (Å²) in [7, 11) is 0. The van der Waals surface area contributed by atoms with Gasteiger partial charge in [-0.25, -0.2) is 5.43 Å². The molecule has 0 aromatic carbocycles. The smallest absolute Gasteiger partial charge is 0.262 e. The molecule has 2 heterocycles. The number of hydrogen-bond donors (Lipinski definition) is 1. The molecule has 1 fully saturated rings. The van der Waals surface area contributed by atoms with Crippen LogP contribution >= 0.6 is 0 Å². The summed E-state index contributed by atoms with van der Waals surface area (Å²) in [5.74, 6) is 0.986. The molecule has 1 saturated heterocycles. The number of amidine groups is 1. The molecule has 1 atom stereocenters. The van der Waals surface area contributed by atoms with Crippen molar-refractivity contribution < 1.29 is 4.79 Å². The molecule has 4 heteroatoms. The molecular weight excluding hydrogens is 142 g/mol. The molecule has 0 aromatic rings. The lowest BCUT2D eigenvalue weighted by atomic mass is 10.2. The predicted molar refractivity (Wildman–Crippen MR) is 41.0 cm³/mol. The van der Waals surface area contributed by atoms with Crippen LogP contribution in [0, 0.1) is 0 Å². The highest BCUT2D eigenvalue weighted by atomic mass is 16.2. The molecule has 0 bridgehead atoms. The first-order valence-corrected chi connectivity index (χ1v) is 3.90. The Morgan fingerprint density at radius 2 is 2.55 bits per heavy atom. The third-order valence-electron chi connectivity index (χ3n) is 2.30. The fraction of sp³-hybridized carbons (Fsp3) is 0.714. The van der Waals surface area contributed by atoms with Crippen molar-refractivity contribution in [3.05, 3.63) is 0 Å². The maximum Gasteiger partial charge on any atom is 0.262 e. The average Bonchev–Trinajstić information content (AvgIpc) is 2.45. The molecule has 0 aliphatic carbocycles. The van der Waals surface area contributed by atoms with E-state index in [0.717, 1.165) is 25.2 Å². The summed E-state index contributed by atoms with van der Waals surface area (Å²) in [6, 6.07) is 0.0625. The molecule has 1 N–H and O–H groups in total. The fourth-order valence-electron chi connectivity index (χ4n) is 1.70. The van der Waals surface area contributed by atoms with E-state index in [-0.39, 0.29) is 11.9 Å². The Morgan fingerprint density at radius 1 is 1.73 bits per heavy atom. The molecule has 4 nitrogen and oxygen atoms in total. The topological polar surface area (TPSA) is 44.7 Å². The number of nitrogens with one attached hydrogen (secondary N) is 1. The van der Waals surface area contributed by atoms with Gasteiger partial charge in [0, 0.05) is 6.54 Å². The van der Waals surface area contributed by atoms with E-state index in [1.165, 1.54) is 0 Å². The zero-order valence-corrected chi connectivity index (χ0v) is 6.50. The van der Waals surface area contributed by atoms with E-state index in [9.17, 15) is 4.79 Å². The summed E-state index contributed by atoms with van der Waals surface area (Å²) in [6.45, 7) is 2.91. The van der Waals surface area contributed by atoms with Crippen LogP contribution in [0.5, 0.6) is 0 Å². The zero-order valence-electron chi connectivity index (χ0n) is 6.50. The van der Waals surface area contributed by atoms with E-state index in [4.69, 9.17) is 0 Å². The van der Waals surface area contributed by atoms with E-state index in [1.807, 2.05) is 6.92 Å². The number of fused-ring (bicyclic) bond motifs is 1. The third-order valence-corrected chi connectivity index (χ3v) is 2.30. The second kappa shape index (κ2) is 2.22. The molecular formula is C7H11N3O. The van der Waals surface area contributed by atoms with Crippen molar-refractivity contribution >= 4 is 11.7 Å². The summed E-state index contributed by atoms with van der Waals surface area (Å²) in [5, 5.41) is 3.90. The molecule has 0 saturated carbocycles. The highest BCUT2D eigenvalue weighted by Gasteiger charge is 2.33. The van der Waals surface area contributed by atoms with Gasteiger partial charge >= 0.3 is 0 Å².